The average molecular weight is 162 g/mol. The lowest BCUT2D eigenvalue weighted by Crippen LogP contribution is -1.82. The van der Waals surface area contributed by atoms with Crippen molar-refractivity contribution in [2.24, 2.45) is 0 Å². The van der Waals surface area contributed by atoms with Gasteiger partial charge in [-0.1, -0.05) is 6.07 Å². The summed E-state index contributed by atoms with van der Waals surface area (Å²) < 4.78 is 0. The molecule has 0 amide bonds. The van der Waals surface area contributed by atoms with Crippen molar-refractivity contribution in [1.29, 1.82) is 0 Å². The van der Waals surface area contributed by atoms with Gasteiger partial charge in [-0.3, -0.25) is 4.79 Å². The van der Waals surface area contributed by atoms with Crippen molar-refractivity contribution >= 4 is 23.2 Å². The number of terminal acetylenes is 1. The molecule has 0 saturated carbocycles. The van der Waals surface area contributed by atoms with Crippen molar-refractivity contribution < 1.29 is 4.79 Å². The quantitative estimate of drug-likeness (QED) is 0.369. The molecule has 0 aliphatic heterocycles. The number of thiophene rings is 1. The number of carbonyl (C=O) groups excluding carboxylic acids is 1. The largest absolute Gasteiger partial charge is 0.280 e. The molecule has 0 aliphatic rings. The predicted molar refractivity (Wildman–Crippen MR) is 47.2 cm³/mol. The number of allylic oxidation sites excluding steroid dienone is 1. The smallest absolute Gasteiger partial charge is 0.228 e. The van der Waals surface area contributed by atoms with Gasteiger partial charge in [0.2, 0.25) is 5.78 Å². The summed E-state index contributed by atoms with van der Waals surface area (Å²) >= 11 is 1.57. The molecule has 1 aromatic heterocycles. The average Bonchev–Trinajstić information content (AvgIpc) is 2.52. The molecule has 0 N–H and O–H groups in total. The number of rotatable bonds is 2. The van der Waals surface area contributed by atoms with E-state index in [9.17, 15) is 4.79 Å². The van der Waals surface area contributed by atoms with Gasteiger partial charge >= 0.3 is 0 Å². The molecule has 1 rings (SSSR count). The first kappa shape index (κ1) is 7.77. The molecule has 0 radical (unpaired) electrons. The molecular weight excluding hydrogens is 156 g/mol. The Morgan fingerprint density at radius 2 is 2.55 bits per heavy atom. The molecule has 0 saturated heterocycles. The lowest BCUT2D eigenvalue weighted by Gasteiger charge is -1.78. The molecule has 0 aromatic carbocycles. The highest BCUT2D eigenvalue weighted by Gasteiger charge is 1.88. The second kappa shape index (κ2) is 3.75. The lowest BCUT2D eigenvalue weighted by molar-refractivity contribution is -0.109. The van der Waals surface area contributed by atoms with Crippen molar-refractivity contribution in [3.05, 3.63) is 28.5 Å². The van der Waals surface area contributed by atoms with Gasteiger partial charge in [0.15, 0.2) is 0 Å². The first-order chi connectivity index (χ1) is 5.33. The zero-order valence-electron chi connectivity index (χ0n) is 5.78. The highest BCUT2D eigenvalue weighted by atomic mass is 32.1. The minimum Gasteiger partial charge on any atom is -0.280 e. The number of carbonyl (C=O) groups is 1. The van der Waals surface area contributed by atoms with Crippen LogP contribution in [0.4, 0.5) is 0 Å². The maximum atomic E-state index is 10.6. The van der Waals surface area contributed by atoms with E-state index in [0.717, 1.165) is 4.88 Å². The van der Waals surface area contributed by atoms with E-state index in [4.69, 9.17) is 6.42 Å². The maximum absolute atomic E-state index is 10.6. The van der Waals surface area contributed by atoms with Crippen molar-refractivity contribution in [3.63, 3.8) is 0 Å². The van der Waals surface area contributed by atoms with Crippen LogP contribution < -0.4 is 0 Å². The van der Waals surface area contributed by atoms with E-state index in [0.29, 0.717) is 0 Å². The maximum Gasteiger partial charge on any atom is 0.228 e. The Kier molecular flexibility index (Phi) is 2.65. The zero-order chi connectivity index (χ0) is 8.10. The Hall–Kier alpha value is -1.33. The van der Waals surface area contributed by atoms with Crippen LogP contribution in [0.5, 0.6) is 0 Å². The van der Waals surface area contributed by atoms with Gasteiger partial charge in [-0.15, -0.1) is 17.8 Å². The molecule has 1 nitrogen and oxygen atoms in total. The molecule has 54 valence electrons. The van der Waals surface area contributed by atoms with Crippen molar-refractivity contribution in [1.82, 2.24) is 0 Å². The summed E-state index contributed by atoms with van der Waals surface area (Å²) in [7, 11) is 0. The lowest BCUT2D eigenvalue weighted by atomic mass is 10.3. The van der Waals surface area contributed by atoms with Crippen LogP contribution in [0.3, 0.4) is 0 Å². The fraction of sp³-hybridized carbons (Fsp3) is 0. The summed E-state index contributed by atoms with van der Waals surface area (Å²) in [5.74, 6) is 1.71. The van der Waals surface area contributed by atoms with Crippen LogP contribution >= 0.6 is 11.3 Å². The fourth-order valence-electron chi connectivity index (χ4n) is 0.592. The molecule has 0 fully saturated rings. The van der Waals surface area contributed by atoms with Gasteiger partial charge in [-0.25, -0.2) is 0 Å². The Labute approximate surface area is 69.4 Å². The molecule has 1 aromatic rings. The van der Waals surface area contributed by atoms with E-state index in [-0.39, 0.29) is 5.78 Å². The van der Waals surface area contributed by atoms with Crippen LogP contribution in [0.2, 0.25) is 0 Å². The summed E-state index contributed by atoms with van der Waals surface area (Å²) in [5.41, 5.74) is 0. The molecular formula is C9H6OS. The molecule has 0 atom stereocenters. The van der Waals surface area contributed by atoms with E-state index in [1.54, 1.807) is 17.4 Å². The van der Waals surface area contributed by atoms with Crippen LogP contribution in [-0.2, 0) is 4.79 Å². The summed E-state index contributed by atoms with van der Waals surface area (Å²) in [6.07, 6.45) is 7.97. The van der Waals surface area contributed by atoms with E-state index in [2.05, 4.69) is 0 Å². The first-order valence-electron chi connectivity index (χ1n) is 3.05. The van der Waals surface area contributed by atoms with Crippen molar-refractivity contribution in [2.45, 2.75) is 0 Å². The third-order valence-corrected chi connectivity index (χ3v) is 1.92. The molecule has 0 spiro atoms. The van der Waals surface area contributed by atoms with E-state index in [1.807, 2.05) is 23.4 Å². The third kappa shape index (κ3) is 2.40. The molecule has 0 aliphatic carbocycles. The zero-order valence-corrected chi connectivity index (χ0v) is 6.60. The number of ketones is 1. The number of hydrogen-bond donors (Lipinski definition) is 0. The number of hydrogen-bond acceptors (Lipinski definition) is 2. The Morgan fingerprint density at radius 3 is 3.09 bits per heavy atom. The van der Waals surface area contributed by atoms with Crippen LogP contribution in [0.25, 0.3) is 6.08 Å². The molecule has 1 heterocycles. The third-order valence-electron chi connectivity index (χ3n) is 1.08. The van der Waals surface area contributed by atoms with Gasteiger partial charge in [0, 0.05) is 4.88 Å². The van der Waals surface area contributed by atoms with Gasteiger partial charge in [-0.05, 0) is 29.5 Å². The van der Waals surface area contributed by atoms with Gasteiger partial charge in [-0.2, -0.15) is 0 Å². The summed E-state index contributed by atoms with van der Waals surface area (Å²) in [4.78, 5) is 11.6. The van der Waals surface area contributed by atoms with Gasteiger partial charge in [0.25, 0.3) is 0 Å². The molecule has 11 heavy (non-hydrogen) atoms. The summed E-state index contributed by atoms with van der Waals surface area (Å²) in [6.45, 7) is 0. The molecule has 0 unspecified atom stereocenters. The van der Waals surface area contributed by atoms with Crippen molar-refractivity contribution in [2.75, 3.05) is 0 Å². The normalized spacial score (nSPS) is 9.73. The van der Waals surface area contributed by atoms with E-state index < -0.39 is 0 Å². The van der Waals surface area contributed by atoms with Crippen molar-refractivity contribution in [3.8, 4) is 12.3 Å². The highest BCUT2D eigenvalue weighted by Crippen LogP contribution is 2.09. The second-order valence-corrected chi connectivity index (χ2v) is 2.84. The fourth-order valence-corrected chi connectivity index (χ4v) is 1.21. The van der Waals surface area contributed by atoms with Crippen LogP contribution in [-0.4, -0.2) is 5.78 Å². The van der Waals surface area contributed by atoms with Gasteiger partial charge in [0.1, 0.15) is 0 Å². The molecule has 0 bridgehead atoms. The summed E-state index contributed by atoms with van der Waals surface area (Å²) in [5, 5.41) is 1.94. The van der Waals surface area contributed by atoms with Crippen LogP contribution in [0.1, 0.15) is 4.88 Å². The Bertz CT molecular complexity index is 301. The Morgan fingerprint density at radius 1 is 1.73 bits per heavy atom. The van der Waals surface area contributed by atoms with Gasteiger partial charge in [0.05, 0.1) is 0 Å². The van der Waals surface area contributed by atoms with Gasteiger partial charge < -0.3 is 0 Å². The SMILES string of the molecule is C#CC(=O)/C=C/c1cccs1. The van der Waals surface area contributed by atoms with Crippen LogP contribution in [0.15, 0.2) is 23.6 Å². The first-order valence-corrected chi connectivity index (χ1v) is 3.93. The van der Waals surface area contributed by atoms with Crippen LogP contribution in [0, 0.1) is 12.3 Å². The standard InChI is InChI=1S/C9H6OS/c1-2-8(10)5-6-9-4-3-7-11-9/h1,3-7H/b6-5+. The van der Waals surface area contributed by atoms with E-state index >= 15 is 0 Å². The van der Waals surface area contributed by atoms with E-state index in [1.165, 1.54) is 6.08 Å². The molecule has 2 heteroatoms. The minimum absolute atomic E-state index is 0.293. The topological polar surface area (TPSA) is 17.1 Å². The summed E-state index contributed by atoms with van der Waals surface area (Å²) in [6, 6.07) is 3.84. The monoisotopic (exact) mass is 162 g/mol. The highest BCUT2D eigenvalue weighted by molar-refractivity contribution is 7.10. The Balaban J connectivity index is 2.64. The second-order valence-electron chi connectivity index (χ2n) is 1.86. The minimum atomic E-state index is -0.293. The predicted octanol–water partition coefficient (Wildman–Crippen LogP) is 1.96.